The van der Waals surface area contributed by atoms with Gasteiger partial charge in [0.15, 0.2) is 0 Å². The maximum Gasteiger partial charge on any atom is 0.273 e. The Labute approximate surface area is 83.2 Å². The normalized spacial score (nSPS) is 10.6. The van der Waals surface area contributed by atoms with Crippen molar-refractivity contribution in [3.8, 4) is 0 Å². The van der Waals surface area contributed by atoms with Crippen LogP contribution in [-0.2, 0) is 0 Å². The second kappa shape index (κ2) is 2.96. The van der Waals surface area contributed by atoms with E-state index in [9.17, 15) is 4.79 Å². The van der Waals surface area contributed by atoms with E-state index in [4.69, 9.17) is 0 Å². The lowest BCUT2D eigenvalue weighted by molar-refractivity contribution is 0.976. The van der Waals surface area contributed by atoms with Crippen LogP contribution in [0.3, 0.4) is 0 Å². The molecule has 1 radical (unpaired) electrons. The third-order valence-corrected chi connectivity index (χ3v) is 2.34. The largest absolute Gasteiger partial charge is 0.273 e. The Morgan fingerprint density at radius 2 is 2.31 bits per heavy atom. The maximum absolute atomic E-state index is 11.6. The Hall–Kier alpha value is -1.16. The van der Waals surface area contributed by atoms with Crippen molar-refractivity contribution in [3.63, 3.8) is 0 Å². The van der Waals surface area contributed by atoms with E-state index < -0.39 is 0 Å². The summed E-state index contributed by atoms with van der Waals surface area (Å²) in [7, 11) is 0. The van der Waals surface area contributed by atoms with Crippen LogP contribution in [-0.4, -0.2) is 9.38 Å². The SMILES string of the molecule is Cc1cccc2n[c]c(Br)c(=O)n12. The van der Waals surface area contributed by atoms with Gasteiger partial charge in [-0.2, -0.15) is 0 Å². The lowest BCUT2D eigenvalue weighted by Crippen LogP contribution is -2.17. The number of pyridine rings is 1. The molecule has 2 rings (SSSR count). The van der Waals surface area contributed by atoms with E-state index in [1.54, 1.807) is 10.5 Å². The van der Waals surface area contributed by atoms with Crippen LogP contribution in [0.5, 0.6) is 0 Å². The van der Waals surface area contributed by atoms with Crippen LogP contribution in [0.25, 0.3) is 5.65 Å². The highest BCUT2D eigenvalue weighted by molar-refractivity contribution is 9.10. The van der Waals surface area contributed by atoms with Crippen molar-refractivity contribution in [1.82, 2.24) is 9.38 Å². The molecule has 0 aliphatic rings. The van der Waals surface area contributed by atoms with E-state index in [1.165, 1.54) is 0 Å². The molecule has 65 valence electrons. The van der Waals surface area contributed by atoms with E-state index in [-0.39, 0.29) is 5.56 Å². The van der Waals surface area contributed by atoms with Gasteiger partial charge >= 0.3 is 0 Å². The van der Waals surface area contributed by atoms with Crippen molar-refractivity contribution in [1.29, 1.82) is 0 Å². The molecule has 0 unspecified atom stereocenters. The average molecular weight is 238 g/mol. The Balaban J connectivity index is 3.06. The van der Waals surface area contributed by atoms with Gasteiger partial charge in [-0.25, -0.2) is 4.98 Å². The molecular weight excluding hydrogens is 232 g/mol. The van der Waals surface area contributed by atoms with Gasteiger partial charge in [0, 0.05) is 5.69 Å². The predicted octanol–water partition coefficient (Wildman–Crippen LogP) is 1.57. The summed E-state index contributed by atoms with van der Waals surface area (Å²) >= 11 is 3.10. The van der Waals surface area contributed by atoms with Crippen molar-refractivity contribution in [3.05, 3.63) is 44.9 Å². The molecule has 0 aliphatic heterocycles. The quantitative estimate of drug-likeness (QED) is 0.698. The van der Waals surface area contributed by atoms with Crippen molar-refractivity contribution in [2.75, 3.05) is 0 Å². The van der Waals surface area contributed by atoms with Crippen LogP contribution in [0.15, 0.2) is 27.5 Å². The minimum Gasteiger partial charge on any atom is -0.268 e. The van der Waals surface area contributed by atoms with Gasteiger partial charge < -0.3 is 0 Å². The summed E-state index contributed by atoms with van der Waals surface area (Å²) in [5.74, 6) is 0. The van der Waals surface area contributed by atoms with Crippen LogP contribution >= 0.6 is 15.9 Å². The van der Waals surface area contributed by atoms with Gasteiger partial charge in [0.25, 0.3) is 5.56 Å². The Morgan fingerprint density at radius 1 is 1.54 bits per heavy atom. The van der Waals surface area contributed by atoms with Gasteiger partial charge in [-0.1, -0.05) is 6.07 Å². The molecule has 0 spiro atoms. The van der Waals surface area contributed by atoms with Gasteiger partial charge in [-0.05, 0) is 35.0 Å². The molecule has 0 aliphatic carbocycles. The summed E-state index contributed by atoms with van der Waals surface area (Å²) in [5.41, 5.74) is 1.36. The minimum atomic E-state index is -0.122. The van der Waals surface area contributed by atoms with Crippen LogP contribution in [0.2, 0.25) is 0 Å². The molecule has 0 N–H and O–H groups in total. The number of aromatic nitrogens is 2. The van der Waals surface area contributed by atoms with Crippen molar-refractivity contribution in [2.24, 2.45) is 0 Å². The van der Waals surface area contributed by atoms with Crippen LogP contribution in [0.1, 0.15) is 5.69 Å². The summed E-state index contributed by atoms with van der Waals surface area (Å²) in [4.78, 5) is 15.6. The molecule has 0 saturated heterocycles. The Kier molecular flexibility index (Phi) is 1.92. The first-order valence-corrected chi connectivity index (χ1v) is 4.55. The molecule has 2 aromatic rings. The van der Waals surface area contributed by atoms with Gasteiger partial charge in [0.05, 0.1) is 0 Å². The standard InChI is InChI=1S/C9H6BrN2O/c1-6-3-2-4-8-11-5-7(10)9(13)12(6)8/h2-4H,1H3. The third kappa shape index (κ3) is 1.27. The number of nitrogens with zero attached hydrogens (tertiary/aromatic N) is 2. The molecular formula is C9H6BrN2O. The molecule has 3 nitrogen and oxygen atoms in total. The molecule has 0 bridgehead atoms. The first-order chi connectivity index (χ1) is 6.20. The fourth-order valence-corrected chi connectivity index (χ4v) is 1.47. The highest BCUT2D eigenvalue weighted by Crippen LogP contribution is 2.04. The molecule has 0 atom stereocenters. The minimum absolute atomic E-state index is 0.122. The van der Waals surface area contributed by atoms with Gasteiger partial charge in [-0.3, -0.25) is 9.20 Å². The summed E-state index contributed by atoms with van der Waals surface area (Å²) in [6.45, 7) is 1.86. The van der Waals surface area contributed by atoms with Crippen LogP contribution < -0.4 is 5.56 Å². The van der Waals surface area contributed by atoms with Crippen molar-refractivity contribution in [2.45, 2.75) is 6.92 Å². The molecule has 2 aromatic heterocycles. The maximum atomic E-state index is 11.6. The fraction of sp³-hybridized carbons (Fsp3) is 0.111. The molecule has 0 amide bonds. The van der Waals surface area contributed by atoms with E-state index in [0.717, 1.165) is 5.69 Å². The molecule has 0 aromatic carbocycles. The molecule has 2 heterocycles. The highest BCUT2D eigenvalue weighted by Gasteiger charge is 2.03. The summed E-state index contributed by atoms with van der Waals surface area (Å²) in [6.07, 6.45) is 2.60. The number of hydrogen-bond acceptors (Lipinski definition) is 2. The van der Waals surface area contributed by atoms with Crippen LogP contribution in [0, 0.1) is 13.1 Å². The number of halogens is 1. The van der Waals surface area contributed by atoms with Crippen molar-refractivity contribution >= 4 is 21.6 Å². The number of aryl methyl sites for hydroxylation is 1. The molecule has 0 fully saturated rings. The highest BCUT2D eigenvalue weighted by atomic mass is 79.9. The first-order valence-electron chi connectivity index (χ1n) is 3.76. The van der Waals surface area contributed by atoms with Gasteiger partial charge in [0.1, 0.15) is 16.3 Å². The molecule has 13 heavy (non-hydrogen) atoms. The van der Waals surface area contributed by atoms with Gasteiger partial charge in [-0.15, -0.1) is 0 Å². The number of fused-ring (bicyclic) bond motifs is 1. The van der Waals surface area contributed by atoms with E-state index in [1.807, 2.05) is 19.1 Å². The summed E-state index contributed by atoms with van der Waals surface area (Å²) in [6, 6.07) is 5.50. The summed E-state index contributed by atoms with van der Waals surface area (Å²) in [5, 5.41) is 0. The number of rotatable bonds is 0. The Bertz CT molecular complexity index is 518. The number of hydrogen-bond donors (Lipinski definition) is 0. The van der Waals surface area contributed by atoms with E-state index >= 15 is 0 Å². The average Bonchev–Trinajstić information content (AvgIpc) is 2.12. The fourth-order valence-electron chi connectivity index (χ4n) is 1.21. The van der Waals surface area contributed by atoms with E-state index in [0.29, 0.717) is 10.1 Å². The lowest BCUT2D eigenvalue weighted by atomic mass is 10.3. The monoisotopic (exact) mass is 237 g/mol. The zero-order valence-electron chi connectivity index (χ0n) is 6.91. The van der Waals surface area contributed by atoms with Gasteiger partial charge in [0.2, 0.25) is 0 Å². The van der Waals surface area contributed by atoms with E-state index in [2.05, 4.69) is 27.1 Å². The second-order valence-electron chi connectivity index (χ2n) is 2.70. The Morgan fingerprint density at radius 3 is 3.08 bits per heavy atom. The smallest absolute Gasteiger partial charge is 0.268 e. The lowest BCUT2D eigenvalue weighted by Gasteiger charge is -2.02. The van der Waals surface area contributed by atoms with Crippen LogP contribution in [0.4, 0.5) is 0 Å². The summed E-state index contributed by atoms with van der Waals surface area (Å²) < 4.78 is 1.90. The third-order valence-electron chi connectivity index (χ3n) is 1.82. The first kappa shape index (κ1) is 8.44. The molecule has 4 heteroatoms. The zero-order valence-corrected chi connectivity index (χ0v) is 8.50. The second-order valence-corrected chi connectivity index (χ2v) is 3.50. The van der Waals surface area contributed by atoms with Crippen molar-refractivity contribution < 1.29 is 0 Å². The predicted molar refractivity (Wildman–Crippen MR) is 52.7 cm³/mol. The topological polar surface area (TPSA) is 34.4 Å². The zero-order chi connectivity index (χ0) is 9.42. The molecule has 0 saturated carbocycles.